The zero-order valence-electron chi connectivity index (χ0n) is 4.21. The van der Waals surface area contributed by atoms with Crippen molar-refractivity contribution in [3.63, 3.8) is 0 Å². The second-order valence-electron chi connectivity index (χ2n) is 1.38. The summed E-state index contributed by atoms with van der Waals surface area (Å²) in [6.45, 7) is 0. The van der Waals surface area contributed by atoms with Gasteiger partial charge in [-0.1, -0.05) is 18.2 Å². The minimum Gasteiger partial charge on any atom is -0.156 e. The van der Waals surface area contributed by atoms with Crippen LogP contribution in [-0.4, -0.2) is 3.44 Å². The third-order valence-corrected chi connectivity index (χ3v) is 2.11. The van der Waals surface area contributed by atoms with Crippen molar-refractivity contribution in [3.05, 3.63) is 33.9 Å². The van der Waals surface area contributed by atoms with E-state index in [0.29, 0.717) is 0 Å². The average molecular weight is 221 g/mol. The number of benzene rings is 1. The zero-order valence-corrected chi connectivity index (χ0v) is 6.37. The van der Waals surface area contributed by atoms with E-state index in [4.69, 9.17) is 3.44 Å². The Kier molecular flexibility index (Phi) is 2.29. The minimum absolute atomic E-state index is 0.691. The number of hydrogen-bond acceptors (Lipinski definition) is 1. The Bertz CT molecular complexity index is 150. The molecule has 0 aromatic heterocycles. The van der Waals surface area contributed by atoms with E-state index in [2.05, 4.69) is 0 Å². The molecule has 42 valence electrons. The highest BCUT2D eigenvalue weighted by molar-refractivity contribution is 4.98. The van der Waals surface area contributed by atoms with Crippen LogP contribution in [0.2, 0.25) is 0 Å². The molecular formula is C6H6IO+. The van der Waals surface area contributed by atoms with Crippen LogP contribution in [0.25, 0.3) is 0 Å². The van der Waals surface area contributed by atoms with Crippen LogP contribution in [0.5, 0.6) is 0 Å². The summed E-state index contributed by atoms with van der Waals surface area (Å²) in [5.41, 5.74) is 0. The Morgan fingerprint density at radius 1 is 1.12 bits per heavy atom. The van der Waals surface area contributed by atoms with Crippen LogP contribution in [0.3, 0.4) is 0 Å². The van der Waals surface area contributed by atoms with E-state index in [1.54, 1.807) is 0 Å². The van der Waals surface area contributed by atoms with E-state index < -0.39 is 21.6 Å². The first-order valence-corrected chi connectivity index (χ1v) is 4.31. The summed E-state index contributed by atoms with van der Waals surface area (Å²) in [5, 5.41) is 0. The first-order chi connectivity index (χ1) is 3.93. The van der Waals surface area contributed by atoms with E-state index in [-0.39, 0.29) is 0 Å². The van der Waals surface area contributed by atoms with Gasteiger partial charge in [0.05, 0.1) is 0 Å². The second kappa shape index (κ2) is 3.04. The predicted octanol–water partition coefficient (Wildman–Crippen LogP) is -2.15. The molecule has 0 aliphatic rings. The molecule has 1 aromatic carbocycles. The predicted molar refractivity (Wildman–Crippen MR) is 27.4 cm³/mol. The van der Waals surface area contributed by atoms with Gasteiger partial charge in [-0.3, -0.25) is 0 Å². The van der Waals surface area contributed by atoms with Crippen molar-refractivity contribution in [1.82, 2.24) is 0 Å². The average Bonchev–Trinajstić information content (AvgIpc) is 1.90. The van der Waals surface area contributed by atoms with Crippen LogP contribution in [0.15, 0.2) is 30.3 Å². The normalized spacial score (nSPS) is 9.12. The SMILES string of the molecule is O[I+]c1ccccc1. The van der Waals surface area contributed by atoms with Gasteiger partial charge in [-0.2, -0.15) is 3.44 Å². The Labute approximate surface area is 59.2 Å². The summed E-state index contributed by atoms with van der Waals surface area (Å²) >= 11 is -0.691. The Hall–Kier alpha value is -0.0900. The van der Waals surface area contributed by atoms with Gasteiger partial charge in [0, 0.05) is 0 Å². The molecule has 1 nitrogen and oxygen atoms in total. The van der Waals surface area contributed by atoms with Gasteiger partial charge in [-0.25, -0.2) is 0 Å². The van der Waals surface area contributed by atoms with Crippen LogP contribution >= 0.6 is 0 Å². The Morgan fingerprint density at radius 2 is 1.75 bits per heavy atom. The Morgan fingerprint density at radius 3 is 2.12 bits per heavy atom. The molecular weight excluding hydrogens is 215 g/mol. The molecule has 0 bridgehead atoms. The summed E-state index contributed by atoms with van der Waals surface area (Å²) < 4.78 is 9.72. The van der Waals surface area contributed by atoms with Gasteiger partial charge >= 0.3 is 21.6 Å². The molecule has 2 heteroatoms. The monoisotopic (exact) mass is 221 g/mol. The molecule has 1 aromatic rings. The van der Waals surface area contributed by atoms with Crippen LogP contribution in [0, 0.1) is 3.57 Å². The molecule has 0 amide bonds. The molecule has 0 radical (unpaired) electrons. The van der Waals surface area contributed by atoms with Gasteiger partial charge in [0.15, 0.2) is 0 Å². The summed E-state index contributed by atoms with van der Waals surface area (Å²) in [6.07, 6.45) is 0. The highest BCUT2D eigenvalue weighted by Gasteiger charge is 2.03. The van der Waals surface area contributed by atoms with E-state index in [1.807, 2.05) is 30.3 Å². The maximum atomic E-state index is 8.65. The van der Waals surface area contributed by atoms with Gasteiger partial charge in [0.2, 0.25) is 3.57 Å². The summed E-state index contributed by atoms with van der Waals surface area (Å²) in [4.78, 5) is 0. The fourth-order valence-corrected chi connectivity index (χ4v) is 1.21. The standard InChI is InChI=1S/C6H6IO/c8-7-6-4-2-1-3-5-6/h1-5,8H/q+1. The van der Waals surface area contributed by atoms with Gasteiger partial charge < -0.3 is 0 Å². The number of rotatable bonds is 1. The molecule has 0 atom stereocenters. The van der Waals surface area contributed by atoms with Crippen molar-refractivity contribution in [2.75, 3.05) is 0 Å². The summed E-state index contributed by atoms with van der Waals surface area (Å²) in [6, 6.07) is 9.69. The van der Waals surface area contributed by atoms with Gasteiger partial charge in [0.25, 0.3) is 0 Å². The molecule has 0 fully saturated rings. The first-order valence-electron chi connectivity index (χ1n) is 2.27. The van der Waals surface area contributed by atoms with Crippen molar-refractivity contribution in [3.8, 4) is 0 Å². The van der Waals surface area contributed by atoms with Crippen molar-refractivity contribution in [2.24, 2.45) is 0 Å². The smallest absolute Gasteiger partial charge is 0.156 e. The quantitative estimate of drug-likeness (QED) is 0.536. The third-order valence-electron chi connectivity index (χ3n) is 0.831. The molecule has 1 rings (SSSR count). The topological polar surface area (TPSA) is 20.2 Å². The van der Waals surface area contributed by atoms with E-state index in [1.165, 1.54) is 0 Å². The maximum Gasteiger partial charge on any atom is 0.519 e. The third kappa shape index (κ3) is 1.45. The number of halogens is 1. The van der Waals surface area contributed by atoms with Crippen LogP contribution in [-0.2, 0) is 0 Å². The summed E-state index contributed by atoms with van der Waals surface area (Å²) in [5.74, 6) is 0. The highest BCUT2D eigenvalue weighted by Crippen LogP contribution is 1.81. The zero-order chi connectivity index (χ0) is 5.82. The lowest BCUT2D eigenvalue weighted by molar-refractivity contribution is -0.866. The lowest BCUT2D eigenvalue weighted by Crippen LogP contribution is -3.61. The second-order valence-corrected chi connectivity index (χ2v) is 3.11. The molecule has 0 spiro atoms. The van der Waals surface area contributed by atoms with Crippen molar-refractivity contribution in [2.45, 2.75) is 0 Å². The fourth-order valence-electron chi connectivity index (χ4n) is 0.471. The largest absolute Gasteiger partial charge is 0.519 e. The molecule has 0 saturated carbocycles. The molecule has 0 aliphatic carbocycles. The lowest BCUT2D eigenvalue weighted by Gasteiger charge is -1.74. The van der Waals surface area contributed by atoms with E-state index in [0.717, 1.165) is 3.57 Å². The van der Waals surface area contributed by atoms with Crippen molar-refractivity contribution >= 4 is 0 Å². The summed E-state index contributed by atoms with van der Waals surface area (Å²) in [7, 11) is 0. The Balaban J connectivity index is 2.83. The van der Waals surface area contributed by atoms with Crippen LogP contribution in [0.1, 0.15) is 0 Å². The minimum atomic E-state index is -0.691. The van der Waals surface area contributed by atoms with Gasteiger partial charge in [0.1, 0.15) is 0 Å². The molecule has 0 aliphatic heterocycles. The van der Waals surface area contributed by atoms with E-state index in [9.17, 15) is 0 Å². The van der Waals surface area contributed by atoms with E-state index >= 15 is 0 Å². The lowest BCUT2D eigenvalue weighted by atomic mass is 10.4. The molecule has 0 unspecified atom stereocenters. The molecule has 0 saturated heterocycles. The fraction of sp³-hybridized carbons (Fsp3) is 0. The van der Waals surface area contributed by atoms with Crippen molar-refractivity contribution in [1.29, 1.82) is 0 Å². The van der Waals surface area contributed by atoms with Gasteiger partial charge in [-0.15, -0.1) is 0 Å². The molecule has 1 N–H and O–H groups in total. The number of hydrogen-bond donors (Lipinski definition) is 1. The van der Waals surface area contributed by atoms with Crippen molar-refractivity contribution < 1.29 is 25.1 Å². The maximum absolute atomic E-state index is 8.65. The molecule has 8 heavy (non-hydrogen) atoms. The highest BCUT2D eigenvalue weighted by atomic mass is 127. The first kappa shape index (κ1) is 6.04. The molecule has 0 heterocycles. The van der Waals surface area contributed by atoms with Gasteiger partial charge in [-0.05, 0) is 12.1 Å². The van der Waals surface area contributed by atoms with Crippen LogP contribution in [0.4, 0.5) is 0 Å². The van der Waals surface area contributed by atoms with Crippen LogP contribution < -0.4 is 21.6 Å².